The molecule has 22 heavy (non-hydrogen) atoms. The predicted molar refractivity (Wildman–Crippen MR) is 73.3 cm³/mol. The van der Waals surface area contributed by atoms with Crippen molar-refractivity contribution in [1.29, 1.82) is 0 Å². The Kier molecular flexibility index (Phi) is 4.51. The van der Waals surface area contributed by atoms with Gasteiger partial charge in [-0.25, -0.2) is 0 Å². The maximum absolute atomic E-state index is 11.9. The first kappa shape index (κ1) is 15.2. The fraction of sp³-hybridized carbons (Fsp3) is 0.250. The van der Waals surface area contributed by atoms with Crippen molar-refractivity contribution in [2.45, 2.75) is 6.54 Å². The molecule has 0 unspecified atom stereocenters. The fourth-order valence-electron chi connectivity index (χ4n) is 1.69. The molecule has 1 aromatic carbocycles. The van der Waals surface area contributed by atoms with E-state index in [1.807, 2.05) is 0 Å². The average Bonchev–Trinajstić information content (AvgIpc) is 2.96. The van der Waals surface area contributed by atoms with Gasteiger partial charge in [0.15, 0.2) is 4.92 Å². The lowest BCUT2D eigenvalue weighted by Crippen LogP contribution is -2.19. The van der Waals surface area contributed by atoms with E-state index in [0.29, 0.717) is 17.2 Å². The summed E-state index contributed by atoms with van der Waals surface area (Å²) >= 11 is 0. The summed E-state index contributed by atoms with van der Waals surface area (Å²) in [6.45, 7) is -0.185. The van der Waals surface area contributed by atoms with Crippen LogP contribution in [0, 0.1) is 4.91 Å². The highest BCUT2D eigenvalue weighted by atomic mass is 16.6. The molecule has 0 spiro atoms. The number of carbonyl (C=O) groups excluding carboxylic acids is 1. The van der Waals surface area contributed by atoms with Gasteiger partial charge >= 0.3 is 5.95 Å². The highest BCUT2D eigenvalue weighted by molar-refractivity contribution is 5.92. The van der Waals surface area contributed by atoms with Crippen molar-refractivity contribution < 1.29 is 24.4 Å². The molecule has 0 aliphatic rings. The molecule has 0 atom stereocenters. The van der Waals surface area contributed by atoms with Crippen LogP contribution in [-0.2, 0) is 11.3 Å². The normalized spacial score (nSPS) is 10.1. The second-order valence-electron chi connectivity index (χ2n) is 4.13. The van der Waals surface area contributed by atoms with Gasteiger partial charge in [-0.3, -0.25) is 4.79 Å². The first-order chi connectivity index (χ1) is 10.5. The van der Waals surface area contributed by atoms with E-state index in [0.717, 1.165) is 11.0 Å². The molecule has 0 aliphatic carbocycles. The van der Waals surface area contributed by atoms with E-state index in [1.54, 1.807) is 18.2 Å². The molecule has 2 aromatic rings. The highest BCUT2D eigenvalue weighted by Gasteiger charge is 2.19. The van der Waals surface area contributed by atoms with Gasteiger partial charge in [0, 0.05) is 11.2 Å². The SMILES string of the molecule is COc1ccc(NC(=O)Cn2cnc([N+](=O)O)n2)c(OC)c1. The zero-order chi connectivity index (χ0) is 16.1. The van der Waals surface area contributed by atoms with Crippen LogP contribution in [0.2, 0.25) is 0 Å². The van der Waals surface area contributed by atoms with E-state index >= 15 is 0 Å². The molecule has 2 rings (SSSR count). The molecule has 1 heterocycles. The Hall–Kier alpha value is -3.17. The quantitative estimate of drug-likeness (QED) is 0.755. The lowest BCUT2D eigenvalue weighted by atomic mass is 10.2. The second kappa shape index (κ2) is 6.52. The minimum atomic E-state index is -0.485. The second-order valence-corrected chi connectivity index (χ2v) is 4.13. The van der Waals surface area contributed by atoms with Crippen LogP contribution in [0.1, 0.15) is 0 Å². The Morgan fingerprint density at radius 3 is 2.77 bits per heavy atom. The minimum absolute atomic E-state index is 0.185. The third kappa shape index (κ3) is 3.48. The number of aromatic nitrogens is 3. The van der Waals surface area contributed by atoms with Crippen LogP contribution in [0.5, 0.6) is 11.5 Å². The number of hydrogen-bond acceptors (Lipinski definition) is 6. The summed E-state index contributed by atoms with van der Waals surface area (Å²) in [5.41, 5.74) is 0.459. The Balaban J connectivity index is 2.06. The summed E-state index contributed by atoms with van der Waals surface area (Å²) in [6, 6.07) is 4.94. The number of benzene rings is 1. The summed E-state index contributed by atoms with van der Waals surface area (Å²) in [7, 11) is 2.99. The topological polar surface area (TPSA) is 119 Å². The number of hydrogen-bond donors (Lipinski definition) is 2. The van der Waals surface area contributed by atoms with Crippen molar-refractivity contribution in [3.63, 3.8) is 0 Å². The summed E-state index contributed by atoms with van der Waals surface area (Å²) in [6.07, 6.45) is 1.15. The number of amides is 1. The Labute approximate surface area is 124 Å². The van der Waals surface area contributed by atoms with Crippen LogP contribution < -0.4 is 14.8 Å². The van der Waals surface area contributed by atoms with Crippen LogP contribution in [0.3, 0.4) is 0 Å². The van der Waals surface area contributed by atoms with Crippen molar-refractivity contribution in [2.24, 2.45) is 0 Å². The first-order valence-electron chi connectivity index (χ1n) is 6.11. The molecule has 0 saturated carbocycles. The molecule has 1 aromatic heterocycles. The van der Waals surface area contributed by atoms with Crippen molar-refractivity contribution in [3.05, 3.63) is 29.4 Å². The monoisotopic (exact) mass is 308 g/mol. The Morgan fingerprint density at radius 2 is 2.18 bits per heavy atom. The van der Waals surface area contributed by atoms with Crippen LogP contribution in [-0.4, -0.2) is 45.0 Å². The van der Waals surface area contributed by atoms with Crippen LogP contribution in [0.4, 0.5) is 11.6 Å². The van der Waals surface area contributed by atoms with Gasteiger partial charge in [-0.05, 0) is 17.1 Å². The third-order valence-electron chi connectivity index (χ3n) is 2.68. The largest absolute Gasteiger partial charge is 0.531 e. The summed E-state index contributed by atoms with van der Waals surface area (Å²) < 4.78 is 11.3. The van der Waals surface area contributed by atoms with E-state index in [9.17, 15) is 9.70 Å². The van der Waals surface area contributed by atoms with Crippen molar-refractivity contribution >= 4 is 17.5 Å². The molecular formula is C12H14N5O5+. The van der Waals surface area contributed by atoms with Gasteiger partial charge in [0.2, 0.25) is 12.2 Å². The fourth-order valence-corrected chi connectivity index (χ4v) is 1.69. The Morgan fingerprint density at radius 1 is 1.41 bits per heavy atom. The minimum Gasteiger partial charge on any atom is -0.497 e. The molecule has 10 nitrogen and oxygen atoms in total. The number of carbonyl (C=O) groups is 1. The van der Waals surface area contributed by atoms with E-state index < -0.39 is 16.8 Å². The molecule has 10 heteroatoms. The number of nitrogens with one attached hydrogen (secondary N) is 1. The zero-order valence-electron chi connectivity index (χ0n) is 11.9. The van der Waals surface area contributed by atoms with Gasteiger partial charge in [0.05, 0.1) is 19.9 Å². The smallest absolute Gasteiger partial charge is 0.497 e. The van der Waals surface area contributed by atoms with Gasteiger partial charge in [-0.2, -0.15) is 4.68 Å². The van der Waals surface area contributed by atoms with Crippen molar-refractivity contribution in [2.75, 3.05) is 19.5 Å². The number of rotatable bonds is 6. The maximum Gasteiger partial charge on any atom is 0.531 e. The van der Waals surface area contributed by atoms with E-state index in [1.165, 1.54) is 14.2 Å². The predicted octanol–water partition coefficient (Wildman–Crippen LogP) is 0.734. The van der Waals surface area contributed by atoms with Gasteiger partial charge in [0.25, 0.3) is 0 Å². The number of anilines is 1. The summed E-state index contributed by atoms with van der Waals surface area (Å²) in [5.74, 6) is 0.174. The van der Waals surface area contributed by atoms with Crippen LogP contribution in [0.15, 0.2) is 24.5 Å². The average molecular weight is 308 g/mol. The molecule has 0 fully saturated rings. The van der Waals surface area contributed by atoms with Gasteiger partial charge < -0.3 is 20.0 Å². The molecule has 116 valence electrons. The molecule has 0 saturated heterocycles. The van der Waals surface area contributed by atoms with Gasteiger partial charge in [0.1, 0.15) is 18.0 Å². The lowest BCUT2D eigenvalue weighted by Gasteiger charge is -2.11. The van der Waals surface area contributed by atoms with Crippen molar-refractivity contribution in [1.82, 2.24) is 14.8 Å². The van der Waals surface area contributed by atoms with Crippen LogP contribution >= 0.6 is 0 Å². The summed E-state index contributed by atoms with van der Waals surface area (Å²) in [4.78, 5) is 25.6. The molecule has 0 radical (unpaired) electrons. The standard InChI is InChI=1S/C12H13N5O5/c1-21-8-3-4-9(10(5-8)22-2)14-11(18)6-16-7-13-12(15-16)17(19)20/h3-5,7H,6H2,1-2H3,(H-,14,18,19,20)/p+1. The zero-order valence-corrected chi connectivity index (χ0v) is 11.9. The third-order valence-corrected chi connectivity index (χ3v) is 2.68. The molecular weight excluding hydrogens is 294 g/mol. The van der Waals surface area contributed by atoms with E-state index in [4.69, 9.17) is 14.7 Å². The van der Waals surface area contributed by atoms with Crippen LogP contribution in [0.25, 0.3) is 0 Å². The molecule has 0 bridgehead atoms. The molecule has 2 N–H and O–H groups in total. The van der Waals surface area contributed by atoms with Crippen molar-refractivity contribution in [3.8, 4) is 11.5 Å². The van der Waals surface area contributed by atoms with Gasteiger partial charge in [-0.15, -0.1) is 0 Å². The lowest BCUT2D eigenvalue weighted by molar-refractivity contribution is -0.734. The number of ether oxygens (including phenoxy) is 2. The molecule has 1 amide bonds. The number of nitrogens with zero attached hydrogens (tertiary/aromatic N) is 4. The molecule has 0 aliphatic heterocycles. The van der Waals surface area contributed by atoms with Gasteiger partial charge in [-0.1, -0.05) is 4.91 Å². The first-order valence-corrected chi connectivity index (χ1v) is 6.11. The number of methoxy groups -OCH3 is 2. The Bertz CT molecular complexity index is 699. The van der Waals surface area contributed by atoms with E-state index in [2.05, 4.69) is 15.4 Å². The van der Waals surface area contributed by atoms with E-state index in [-0.39, 0.29) is 6.54 Å². The summed E-state index contributed by atoms with van der Waals surface area (Å²) in [5, 5.41) is 14.9. The maximum atomic E-state index is 11.9. The highest BCUT2D eigenvalue weighted by Crippen LogP contribution is 2.28.